The number of nitrogens with one attached hydrogen (secondary N) is 2. The molecule has 0 spiro atoms. The Bertz CT molecular complexity index is 832. The number of benzene rings is 1. The van der Waals surface area contributed by atoms with Crippen molar-refractivity contribution >= 4 is 17.9 Å². The van der Waals surface area contributed by atoms with Crippen molar-refractivity contribution in [3.05, 3.63) is 70.6 Å². The van der Waals surface area contributed by atoms with Crippen molar-refractivity contribution in [1.29, 1.82) is 0 Å². The number of hydrogen-bond acceptors (Lipinski definition) is 5. The van der Waals surface area contributed by atoms with Crippen LogP contribution in [0.25, 0.3) is 0 Å². The van der Waals surface area contributed by atoms with E-state index >= 15 is 0 Å². The first-order valence-corrected chi connectivity index (χ1v) is 8.00. The van der Waals surface area contributed by atoms with Crippen molar-refractivity contribution in [2.24, 2.45) is 0 Å². The molecule has 0 aliphatic heterocycles. The Morgan fingerprint density at radius 1 is 1.08 bits per heavy atom. The summed E-state index contributed by atoms with van der Waals surface area (Å²) in [5, 5.41) is 4.55. The summed E-state index contributed by atoms with van der Waals surface area (Å²) < 4.78 is 6.40. The number of urea groups is 1. The molecule has 0 fully saturated rings. The van der Waals surface area contributed by atoms with Gasteiger partial charge in [-0.25, -0.2) is 4.79 Å². The first kappa shape index (κ1) is 18.9. The molecule has 2 rings (SSSR count). The van der Waals surface area contributed by atoms with Crippen LogP contribution in [0, 0.1) is 0 Å². The van der Waals surface area contributed by atoms with Gasteiger partial charge in [0.2, 0.25) is 6.10 Å². The normalized spacial score (nSPS) is 11.3. The van der Waals surface area contributed by atoms with Gasteiger partial charge in [0.15, 0.2) is 0 Å². The van der Waals surface area contributed by atoms with Gasteiger partial charge in [0.05, 0.1) is 0 Å². The third-order valence-electron chi connectivity index (χ3n) is 3.36. The second-order valence-corrected chi connectivity index (χ2v) is 5.30. The minimum atomic E-state index is -1.31. The Balaban J connectivity index is 2.15. The van der Waals surface area contributed by atoms with E-state index < -0.39 is 24.0 Å². The molecule has 1 aromatic heterocycles. The molecule has 0 saturated heterocycles. The predicted molar refractivity (Wildman–Crippen MR) is 93.2 cm³/mol. The van der Waals surface area contributed by atoms with Gasteiger partial charge in [0.1, 0.15) is 6.54 Å². The van der Waals surface area contributed by atoms with Crippen LogP contribution in [0.15, 0.2) is 59.5 Å². The summed E-state index contributed by atoms with van der Waals surface area (Å²) in [5.74, 6) is -1.56. The minimum absolute atomic E-state index is 0.339. The van der Waals surface area contributed by atoms with E-state index in [2.05, 4.69) is 10.6 Å². The lowest BCUT2D eigenvalue weighted by Crippen LogP contribution is -2.42. The lowest BCUT2D eigenvalue weighted by molar-refractivity contribution is -0.156. The van der Waals surface area contributed by atoms with Gasteiger partial charge in [-0.2, -0.15) is 0 Å². The molecule has 3 amide bonds. The number of aromatic nitrogens is 1. The summed E-state index contributed by atoms with van der Waals surface area (Å²) in [4.78, 5) is 47.8. The number of esters is 1. The molecule has 0 unspecified atom stereocenters. The highest BCUT2D eigenvalue weighted by Crippen LogP contribution is 2.18. The number of imide groups is 1. The Kier molecular flexibility index (Phi) is 6.67. The second-order valence-electron chi connectivity index (χ2n) is 5.30. The van der Waals surface area contributed by atoms with E-state index in [1.807, 2.05) is 0 Å². The third kappa shape index (κ3) is 5.30. The Morgan fingerprint density at radius 3 is 2.42 bits per heavy atom. The Labute approximate surface area is 149 Å². The van der Waals surface area contributed by atoms with Gasteiger partial charge in [0.25, 0.3) is 11.5 Å². The lowest BCUT2D eigenvalue weighted by Gasteiger charge is -2.18. The number of amides is 3. The molecular weight excluding hydrogens is 338 g/mol. The number of carbonyl (C=O) groups excluding carboxylic acids is 3. The van der Waals surface area contributed by atoms with Gasteiger partial charge in [-0.15, -0.1) is 0 Å². The lowest BCUT2D eigenvalue weighted by atomic mass is 10.1. The molecule has 0 saturated carbocycles. The van der Waals surface area contributed by atoms with Crippen molar-refractivity contribution in [1.82, 2.24) is 15.2 Å². The van der Waals surface area contributed by atoms with Gasteiger partial charge >= 0.3 is 12.0 Å². The van der Waals surface area contributed by atoms with Crippen molar-refractivity contribution in [2.75, 3.05) is 6.54 Å². The number of pyridine rings is 1. The van der Waals surface area contributed by atoms with Crippen molar-refractivity contribution < 1.29 is 19.1 Å². The van der Waals surface area contributed by atoms with Crippen LogP contribution in [-0.4, -0.2) is 29.0 Å². The molecule has 0 aliphatic carbocycles. The molecule has 8 nitrogen and oxygen atoms in total. The fraction of sp³-hybridized carbons (Fsp3) is 0.222. The maximum atomic E-state index is 12.4. The van der Waals surface area contributed by atoms with Crippen LogP contribution in [0.1, 0.15) is 18.6 Å². The Hall–Kier alpha value is -3.42. The summed E-state index contributed by atoms with van der Waals surface area (Å²) in [6.45, 7) is 1.69. The summed E-state index contributed by atoms with van der Waals surface area (Å²) in [5.41, 5.74) is 0.0375. The zero-order valence-corrected chi connectivity index (χ0v) is 14.2. The number of carbonyl (C=O) groups is 3. The van der Waals surface area contributed by atoms with E-state index in [-0.39, 0.29) is 12.1 Å². The van der Waals surface area contributed by atoms with Gasteiger partial charge in [-0.1, -0.05) is 36.4 Å². The standard InChI is InChI=1S/C18H19N3O5/c1-2-19-18(25)20-17(24)16(13-8-4-3-5-9-13)26-15(23)12-21-11-7-6-10-14(21)22/h3-11,16H,2,12H2,1H3,(H2,19,20,24,25)/t16-/m1/s1. The molecule has 1 heterocycles. The molecule has 1 atom stereocenters. The van der Waals surface area contributed by atoms with E-state index in [0.717, 1.165) is 4.57 Å². The zero-order chi connectivity index (χ0) is 18.9. The minimum Gasteiger partial charge on any atom is -0.446 e. The highest BCUT2D eigenvalue weighted by molar-refractivity contribution is 5.97. The molecule has 136 valence electrons. The zero-order valence-electron chi connectivity index (χ0n) is 14.2. The van der Waals surface area contributed by atoms with Gasteiger partial charge < -0.3 is 14.6 Å². The molecule has 8 heteroatoms. The largest absolute Gasteiger partial charge is 0.446 e. The summed E-state index contributed by atoms with van der Waals surface area (Å²) in [7, 11) is 0. The maximum absolute atomic E-state index is 12.4. The van der Waals surface area contributed by atoms with Crippen molar-refractivity contribution in [2.45, 2.75) is 19.6 Å². The highest BCUT2D eigenvalue weighted by Gasteiger charge is 2.26. The molecular formula is C18H19N3O5. The van der Waals surface area contributed by atoms with E-state index in [0.29, 0.717) is 12.1 Å². The van der Waals surface area contributed by atoms with Crippen LogP contribution < -0.4 is 16.2 Å². The average molecular weight is 357 g/mol. The number of hydrogen-bond donors (Lipinski definition) is 2. The van der Waals surface area contributed by atoms with Crippen molar-refractivity contribution in [3.63, 3.8) is 0 Å². The van der Waals surface area contributed by atoms with Crippen LogP contribution in [0.2, 0.25) is 0 Å². The molecule has 0 bridgehead atoms. The molecule has 26 heavy (non-hydrogen) atoms. The third-order valence-corrected chi connectivity index (χ3v) is 3.36. The van der Waals surface area contributed by atoms with Crippen LogP contribution in [0.3, 0.4) is 0 Å². The average Bonchev–Trinajstić information content (AvgIpc) is 2.62. The summed E-state index contributed by atoms with van der Waals surface area (Å²) >= 11 is 0. The van der Waals surface area contributed by atoms with Crippen LogP contribution >= 0.6 is 0 Å². The smallest absolute Gasteiger partial charge is 0.327 e. The monoisotopic (exact) mass is 357 g/mol. The van der Waals surface area contributed by atoms with E-state index in [1.54, 1.807) is 49.4 Å². The molecule has 0 aliphatic rings. The summed E-state index contributed by atoms with van der Waals surface area (Å²) in [6.07, 6.45) is 0.126. The number of nitrogens with zero attached hydrogens (tertiary/aromatic N) is 1. The van der Waals surface area contributed by atoms with E-state index in [4.69, 9.17) is 4.74 Å². The SMILES string of the molecule is CCNC(=O)NC(=O)[C@H](OC(=O)Cn1ccccc1=O)c1ccccc1. The molecule has 1 aromatic carbocycles. The van der Waals surface area contributed by atoms with Crippen LogP contribution in [0.4, 0.5) is 4.79 Å². The molecule has 2 aromatic rings. The quantitative estimate of drug-likeness (QED) is 0.750. The predicted octanol–water partition coefficient (Wildman–Crippen LogP) is 0.978. The molecule has 0 radical (unpaired) electrons. The second kappa shape index (κ2) is 9.16. The van der Waals surface area contributed by atoms with Crippen LogP contribution in [0.5, 0.6) is 0 Å². The van der Waals surface area contributed by atoms with E-state index in [1.165, 1.54) is 12.3 Å². The Morgan fingerprint density at radius 2 is 1.77 bits per heavy atom. The van der Waals surface area contributed by atoms with Crippen molar-refractivity contribution in [3.8, 4) is 0 Å². The first-order valence-electron chi connectivity index (χ1n) is 8.00. The molecule has 2 N–H and O–H groups in total. The van der Waals surface area contributed by atoms with Gasteiger partial charge in [-0.05, 0) is 13.0 Å². The fourth-order valence-electron chi connectivity index (χ4n) is 2.18. The highest BCUT2D eigenvalue weighted by atomic mass is 16.5. The van der Waals surface area contributed by atoms with E-state index in [9.17, 15) is 19.2 Å². The van der Waals surface area contributed by atoms with Gasteiger partial charge in [0, 0.05) is 24.4 Å². The fourth-order valence-corrected chi connectivity index (χ4v) is 2.18. The first-order chi connectivity index (χ1) is 12.5. The summed E-state index contributed by atoms with van der Waals surface area (Å²) in [6, 6.07) is 12.1. The number of ether oxygens (including phenoxy) is 1. The number of rotatable bonds is 6. The van der Waals surface area contributed by atoms with Crippen LogP contribution in [-0.2, 0) is 20.9 Å². The maximum Gasteiger partial charge on any atom is 0.327 e. The van der Waals surface area contributed by atoms with Gasteiger partial charge in [-0.3, -0.25) is 19.7 Å². The topological polar surface area (TPSA) is 106 Å².